The van der Waals surface area contributed by atoms with Crippen molar-refractivity contribution in [3.63, 3.8) is 0 Å². The summed E-state index contributed by atoms with van der Waals surface area (Å²) in [5.41, 5.74) is 0. The lowest BCUT2D eigenvalue weighted by atomic mass is 10.7. The maximum absolute atomic E-state index is 5.36. The lowest BCUT2D eigenvalue weighted by molar-refractivity contribution is 0.250. The minimum absolute atomic E-state index is 0.144. The van der Waals surface area contributed by atoms with Crippen LogP contribution in [0.1, 0.15) is 5.82 Å². The molecule has 5 heteroatoms. The van der Waals surface area contributed by atoms with E-state index in [-0.39, 0.29) is 12.0 Å². The second-order valence-corrected chi connectivity index (χ2v) is 1.58. The lowest BCUT2D eigenvalue weighted by Crippen LogP contribution is -1.82. The Morgan fingerprint density at radius 3 is 2.89 bits per heavy atom. The normalized spacial score (nSPS) is 9.56. The summed E-state index contributed by atoms with van der Waals surface area (Å²) in [5, 5.41) is 3.46. The minimum atomic E-state index is 0.144. The zero-order chi connectivity index (χ0) is 6.69. The van der Waals surface area contributed by atoms with Crippen LogP contribution in [0.25, 0.3) is 0 Å². The Labute approximate surface area is 56.8 Å². The SMILES string of the molecule is COc1nc(CCl)no1. The van der Waals surface area contributed by atoms with Gasteiger partial charge < -0.3 is 4.74 Å². The molecule has 1 aromatic heterocycles. The van der Waals surface area contributed by atoms with Crippen molar-refractivity contribution in [3.8, 4) is 6.08 Å². The molecule has 0 radical (unpaired) electrons. The Morgan fingerprint density at radius 2 is 2.56 bits per heavy atom. The van der Waals surface area contributed by atoms with Crippen LogP contribution in [0, 0.1) is 0 Å². The molecule has 1 heterocycles. The number of hydrogen-bond acceptors (Lipinski definition) is 4. The summed E-state index contributed by atoms with van der Waals surface area (Å²) >= 11 is 5.36. The van der Waals surface area contributed by atoms with Gasteiger partial charge in [0, 0.05) is 0 Å². The molecule has 0 saturated heterocycles. The third kappa shape index (κ3) is 1.32. The number of ether oxygens (including phenoxy) is 1. The molecule has 0 aliphatic rings. The molecule has 0 unspecified atom stereocenters. The van der Waals surface area contributed by atoms with Crippen molar-refractivity contribution >= 4 is 11.6 Å². The summed E-state index contributed by atoms with van der Waals surface area (Å²) in [4.78, 5) is 3.72. The molecule has 0 aliphatic heterocycles. The van der Waals surface area contributed by atoms with Gasteiger partial charge >= 0.3 is 6.08 Å². The van der Waals surface area contributed by atoms with Gasteiger partial charge in [-0.05, 0) is 0 Å². The van der Waals surface area contributed by atoms with Crippen molar-refractivity contribution < 1.29 is 9.26 Å². The molecule has 1 aromatic rings. The molecular formula is C4H5ClN2O2. The molecule has 0 fully saturated rings. The monoisotopic (exact) mass is 148 g/mol. The van der Waals surface area contributed by atoms with E-state index in [1.165, 1.54) is 7.11 Å². The number of aromatic nitrogens is 2. The lowest BCUT2D eigenvalue weighted by Gasteiger charge is -1.81. The maximum atomic E-state index is 5.36. The summed E-state index contributed by atoms with van der Waals surface area (Å²) in [6.45, 7) is 0. The highest BCUT2D eigenvalue weighted by Crippen LogP contribution is 2.05. The number of nitrogens with zero attached hydrogens (tertiary/aromatic N) is 2. The number of rotatable bonds is 2. The van der Waals surface area contributed by atoms with Gasteiger partial charge in [0.2, 0.25) is 0 Å². The van der Waals surface area contributed by atoms with Gasteiger partial charge in [-0.3, -0.25) is 4.52 Å². The Kier molecular flexibility index (Phi) is 1.89. The fourth-order valence-corrected chi connectivity index (χ4v) is 0.484. The predicted molar refractivity (Wildman–Crippen MR) is 30.4 cm³/mol. The average Bonchev–Trinajstić information content (AvgIpc) is 2.34. The molecule has 0 aromatic carbocycles. The van der Waals surface area contributed by atoms with Crippen LogP contribution in [0.15, 0.2) is 4.52 Å². The topological polar surface area (TPSA) is 48.2 Å². The van der Waals surface area contributed by atoms with Crippen LogP contribution < -0.4 is 4.74 Å². The first kappa shape index (κ1) is 6.35. The minimum Gasteiger partial charge on any atom is -0.452 e. The van der Waals surface area contributed by atoms with Gasteiger partial charge in [0.25, 0.3) is 0 Å². The molecule has 0 saturated carbocycles. The Bertz CT molecular complexity index is 170. The van der Waals surface area contributed by atoms with Gasteiger partial charge in [-0.1, -0.05) is 5.16 Å². The molecule has 4 nitrogen and oxygen atoms in total. The van der Waals surface area contributed by atoms with Crippen LogP contribution in [-0.4, -0.2) is 17.3 Å². The molecule has 0 aliphatic carbocycles. The molecule has 0 bridgehead atoms. The molecule has 0 spiro atoms. The summed E-state index contributed by atoms with van der Waals surface area (Å²) in [6, 6.07) is 0. The van der Waals surface area contributed by atoms with Crippen LogP contribution in [0.2, 0.25) is 0 Å². The van der Waals surface area contributed by atoms with Gasteiger partial charge in [-0.15, -0.1) is 11.6 Å². The number of alkyl halides is 1. The van der Waals surface area contributed by atoms with Crippen molar-refractivity contribution in [2.75, 3.05) is 7.11 Å². The zero-order valence-corrected chi connectivity index (χ0v) is 5.55. The van der Waals surface area contributed by atoms with E-state index < -0.39 is 0 Å². The fourth-order valence-electron chi connectivity index (χ4n) is 0.375. The van der Waals surface area contributed by atoms with E-state index in [9.17, 15) is 0 Å². The van der Waals surface area contributed by atoms with Gasteiger partial charge in [0.05, 0.1) is 13.0 Å². The Balaban J connectivity index is 2.74. The van der Waals surface area contributed by atoms with Crippen LogP contribution in [0.3, 0.4) is 0 Å². The largest absolute Gasteiger partial charge is 0.452 e. The number of halogens is 1. The first-order chi connectivity index (χ1) is 4.36. The highest BCUT2D eigenvalue weighted by atomic mass is 35.5. The highest BCUT2D eigenvalue weighted by molar-refractivity contribution is 6.16. The zero-order valence-electron chi connectivity index (χ0n) is 4.80. The summed E-state index contributed by atoms with van der Waals surface area (Å²) in [6.07, 6.45) is 0.144. The maximum Gasteiger partial charge on any atom is 0.417 e. The van der Waals surface area contributed by atoms with E-state index in [1.54, 1.807) is 0 Å². The number of methoxy groups -OCH3 is 1. The van der Waals surface area contributed by atoms with Crippen LogP contribution in [0.4, 0.5) is 0 Å². The van der Waals surface area contributed by atoms with Crippen molar-refractivity contribution in [3.05, 3.63) is 5.82 Å². The Hall–Kier alpha value is -0.770. The van der Waals surface area contributed by atoms with E-state index in [1.807, 2.05) is 0 Å². The third-order valence-electron chi connectivity index (χ3n) is 0.744. The molecule has 0 amide bonds. The van der Waals surface area contributed by atoms with Crippen molar-refractivity contribution in [2.45, 2.75) is 5.88 Å². The summed E-state index contributed by atoms with van der Waals surface area (Å²) in [7, 11) is 1.45. The van der Waals surface area contributed by atoms with E-state index in [2.05, 4.69) is 19.4 Å². The van der Waals surface area contributed by atoms with Gasteiger partial charge in [-0.2, -0.15) is 4.98 Å². The first-order valence-corrected chi connectivity index (χ1v) is 2.83. The average molecular weight is 149 g/mol. The first-order valence-electron chi connectivity index (χ1n) is 2.29. The standard InChI is InChI=1S/C4H5ClN2O2/c1-8-4-6-3(2-5)7-9-4/h2H2,1H3. The molecule has 50 valence electrons. The van der Waals surface area contributed by atoms with Gasteiger partial charge in [0.1, 0.15) is 0 Å². The van der Waals surface area contributed by atoms with Crippen LogP contribution in [-0.2, 0) is 5.88 Å². The smallest absolute Gasteiger partial charge is 0.417 e. The highest BCUT2D eigenvalue weighted by Gasteiger charge is 2.01. The van der Waals surface area contributed by atoms with E-state index in [0.29, 0.717) is 5.82 Å². The van der Waals surface area contributed by atoms with E-state index in [0.717, 1.165) is 0 Å². The van der Waals surface area contributed by atoms with Crippen molar-refractivity contribution in [1.29, 1.82) is 0 Å². The molecule has 0 N–H and O–H groups in total. The van der Waals surface area contributed by atoms with Gasteiger partial charge in [-0.25, -0.2) is 0 Å². The van der Waals surface area contributed by atoms with Gasteiger partial charge in [0.15, 0.2) is 5.82 Å². The fraction of sp³-hybridized carbons (Fsp3) is 0.500. The van der Waals surface area contributed by atoms with Crippen LogP contribution >= 0.6 is 11.6 Å². The van der Waals surface area contributed by atoms with Crippen LogP contribution in [0.5, 0.6) is 6.08 Å². The van der Waals surface area contributed by atoms with E-state index in [4.69, 9.17) is 11.6 Å². The molecule has 9 heavy (non-hydrogen) atoms. The van der Waals surface area contributed by atoms with Crippen molar-refractivity contribution in [2.24, 2.45) is 0 Å². The second-order valence-electron chi connectivity index (χ2n) is 1.31. The third-order valence-corrected chi connectivity index (χ3v) is 0.983. The summed E-state index contributed by atoms with van der Waals surface area (Å²) < 4.78 is 9.13. The quantitative estimate of drug-likeness (QED) is 0.583. The van der Waals surface area contributed by atoms with E-state index >= 15 is 0 Å². The predicted octanol–water partition coefficient (Wildman–Crippen LogP) is 0.817. The van der Waals surface area contributed by atoms with Crippen molar-refractivity contribution in [1.82, 2.24) is 10.1 Å². The summed E-state index contributed by atoms with van der Waals surface area (Å²) in [5.74, 6) is 0.681. The molecule has 0 atom stereocenters. The molecule has 1 rings (SSSR count). The second kappa shape index (κ2) is 2.68. The number of hydrogen-bond donors (Lipinski definition) is 0. The molecular weight excluding hydrogens is 144 g/mol. The Morgan fingerprint density at radius 1 is 1.78 bits per heavy atom.